The maximum atomic E-state index is 13.3. The van der Waals surface area contributed by atoms with E-state index in [0.29, 0.717) is 34.7 Å². The Kier molecular flexibility index (Phi) is 6.87. The summed E-state index contributed by atoms with van der Waals surface area (Å²) >= 11 is 1.32. The number of thioether (sulfide) groups is 1. The minimum Gasteiger partial charge on any atom is -0.488 e. The molecule has 180 valence electrons. The fourth-order valence-corrected chi connectivity index (χ4v) is 5.07. The number of aryl methyl sites for hydroxylation is 1. The van der Waals surface area contributed by atoms with Crippen molar-refractivity contribution in [2.24, 2.45) is 4.99 Å². The average Bonchev–Trinajstić information content (AvgIpc) is 3.19. The van der Waals surface area contributed by atoms with E-state index in [-0.39, 0.29) is 11.7 Å². The van der Waals surface area contributed by atoms with E-state index < -0.39 is 0 Å². The van der Waals surface area contributed by atoms with Crippen molar-refractivity contribution >= 4 is 45.4 Å². The van der Waals surface area contributed by atoms with E-state index in [1.807, 2.05) is 49.4 Å². The molecule has 6 heteroatoms. The molecule has 1 saturated heterocycles. The van der Waals surface area contributed by atoms with Gasteiger partial charge in [-0.1, -0.05) is 60.2 Å². The molecule has 0 N–H and O–H groups in total. The van der Waals surface area contributed by atoms with Gasteiger partial charge in [-0.3, -0.25) is 9.69 Å². The smallest absolute Gasteiger partial charge is 0.266 e. The Balaban J connectivity index is 1.52. The van der Waals surface area contributed by atoms with E-state index in [1.165, 1.54) is 29.5 Å². The first-order valence-corrected chi connectivity index (χ1v) is 12.6. The molecule has 1 amide bonds. The highest BCUT2D eigenvalue weighted by molar-refractivity contribution is 8.18. The van der Waals surface area contributed by atoms with Gasteiger partial charge in [-0.25, -0.2) is 9.38 Å². The maximum absolute atomic E-state index is 13.3. The lowest BCUT2D eigenvalue weighted by Gasteiger charge is -2.13. The topological polar surface area (TPSA) is 41.9 Å². The third-order valence-corrected chi connectivity index (χ3v) is 6.98. The number of likely N-dealkylation sites (N-methyl/N-ethyl adjacent to an activating group) is 1. The van der Waals surface area contributed by atoms with Gasteiger partial charge in [-0.05, 0) is 78.4 Å². The highest BCUT2D eigenvalue weighted by atomic mass is 32.2. The Hall–Kier alpha value is -3.90. The second-order valence-corrected chi connectivity index (χ2v) is 9.51. The van der Waals surface area contributed by atoms with E-state index in [9.17, 15) is 9.18 Å². The van der Waals surface area contributed by atoms with Crippen LogP contribution in [0.1, 0.15) is 23.6 Å². The normalized spacial score (nSPS) is 15.9. The molecular formula is C30H25FN2O2S. The summed E-state index contributed by atoms with van der Waals surface area (Å²) in [7, 11) is 0. The summed E-state index contributed by atoms with van der Waals surface area (Å²) < 4.78 is 19.6. The van der Waals surface area contributed by atoms with E-state index in [1.54, 1.807) is 17.0 Å². The van der Waals surface area contributed by atoms with Crippen LogP contribution < -0.4 is 4.74 Å². The fourth-order valence-electron chi connectivity index (χ4n) is 4.02. The number of rotatable bonds is 6. The molecule has 0 atom stereocenters. The Morgan fingerprint density at radius 3 is 2.47 bits per heavy atom. The molecular weight excluding hydrogens is 471 g/mol. The van der Waals surface area contributed by atoms with Gasteiger partial charge in [0.1, 0.15) is 18.2 Å². The standard InChI is InChI=1S/C30H25FN2O2S/c1-3-33-29(34)28(36-30(33)32-24-15-13-23(31)14-16-24)18-26-25-7-5-4-6-22(25)12-17-27(26)35-19-21-10-8-20(2)9-11-21/h4-18H,3,19H2,1-2H3/b28-18+,32-30?. The molecule has 4 aromatic carbocycles. The Bertz CT molecular complexity index is 1480. The second kappa shape index (κ2) is 10.4. The monoisotopic (exact) mass is 496 g/mol. The van der Waals surface area contributed by atoms with Gasteiger partial charge >= 0.3 is 0 Å². The van der Waals surface area contributed by atoms with Crippen LogP contribution in [0.25, 0.3) is 16.8 Å². The zero-order valence-electron chi connectivity index (χ0n) is 20.1. The third kappa shape index (κ3) is 5.04. The van der Waals surface area contributed by atoms with Crippen LogP contribution in [0.2, 0.25) is 0 Å². The van der Waals surface area contributed by atoms with E-state index >= 15 is 0 Å². The molecule has 1 aliphatic heterocycles. The first-order valence-electron chi connectivity index (χ1n) is 11.8. The Morgan fingerprint density at radius 2 is 1.72 bits per heavy atom. The number of halogens is 1. The first kappa shape index (κ1) is 23.8. The van der Waals surface area contributed by atoms with Crippen LogP contribution in [-0.4, -0.2) is 22.5 Å². The number of fused-ring (bicyclic) bond motifs is 1. The summed E-state index contributed by atoms with van der Waals surface area (Å²) in [6, 6.07) is 26.2. The first-order chi connectivity index (χ1) is 17.5. The van der Waals surface area contributed by atoms with Crippen molar-refractivity contribution in [1.29, 1.82) is 0 Å². The molecule has 0 aliphatic carbocycles. The zero-order chi connectivity index (χ0) is 25.1. The van der Waals surface area contributed by atoms with Crippen LogP contribution in [0.4, 0.5) is 10.1 Å². The molecule has 4 aromatic rings. The lowest BCUT2D eigenvalue weighted by atomic mass is 10.0. The number of aliphatic imine (C=N–C) groups is 1. The second-order valence-electron chi connectivity index (χ2n) is 8.50. The molecule has 1 fully saturated rings. The van der Waals surface area contributed by atoms with Gasteiger partial charge in [0.05, 0.1) is 10.6 Å². The summed E-state index contributed by atoms with van der Waals surface area (Å²) in [6.45, 7) is 4.88. The van der Waals surface area contributed by atoms with Gasteiger partial charge in [0.25, 0.3) is 5.91 Å². The van der Waals surface area contributed by atoms with E-state index in [2.05, 4.69) is 36.2 Å². The van der Waals surface area contributed by atoms with E-state index in [0.717, 1.165) is 21.9 Å². The molecule has 4 nitrogen and oxygen atoms in total. The predicted octanol–water partition coefficient (Wildman–Crippen LogP) is 7.49. The summed E-state index contributed by atoms with van der Waals surface area (Å²) in [5.41, 5.74) is 3.73. The average molecular weight is 497 g/mol. The van der Waals surface area contributed by atoms with Gasteiger partial charge in [0.2, 0.25) is 0 Å². The number of carbonyl (C=O) groups excluding carboxylic acids is 1. The highest BCUT2D eigenvalue weighted by Crippen LogP contribution is 2.38. The molecule has 0 spiro atoms. The minimum absolute atomic E-state index is 0.110. The van der Waals surface area contributed by atoms with Crippen LogP contribution in [0.5, 0.6) is 5.75 Å². The highest BCUT2D eigenvalue weighted by Gasteiger charge is 2.32. The predicted molar refractivity (Wildman–Crippen MR) is 146 cm³/mol. The molecule has 1 aliphatic rings. The lowest BCUT2D eigenvalue weighted by Crippen LogP contribution is -2.28. The Morgan fingerprint density at radius 1 is 0.972 bits per heavy atom. The molecule has 0 radical (unpaired) electrons. The molecule has 0 aromatic heterocycles. The Labute approximate surface area is 214 Å². The number of ether oxygens (including phenoxy) is 1. The molecule has 1 heterocycles. The maximum Gasteiger partial charge on any atom is 0.266 e. The van der Waals surface area contributed by atoms with Crippen LogP contribution >= 0.6 is 11.8 Å². The third-order valence-electron chi connectivity index (χ3n) is 5.98. The molecule has 0 saturated carbocycles. The fraction of sp³-hybridized carbons (Fsp3) is 0.133. The van der Waals surface area contributed by atoms with Gasteiger partial charge in [0.15, 0.2) is 5.17 Å². The van der Waals surface area contributed by atoms with Crippen molar-refractivity contribution in [3.63, 3.8) is 0 Å². The van der Waals surface area contributed by atoms with Crippen molar-refractivity contribution in [3.05, 3.63) is 112 Å². The number of benzene rings is 4. The molecule has 5 rings (SSSR count). The van der Waals surface area contributed by atoms with Crippen molar-refractivity contribution in [3.8, 4) is 5.75 Å². The minimum atomic E-state index is -0.323. The summed E-state index contributed by atoms with van der Waals surface area (Å²) in [5.74, 6) is 0.277. The van der Waals surface area contributed by atoms with Gasteiger partial charge in [-0.2, -0.15) is 0 Å². The molecule has 36 heavy (non-hydrogen) atoms. The van der Waals surface area contributed by atoms with Crippen molar-refractivity contribution < 1.29 is 13.9 Å². The number of nitrogens with zero attached hydrogens (tertiary/aromatic N) is 2. The number of hydrogen-bond donors (Lipinski definition) is 0. The summed E-state index contributed by atoms with van der Waals surface area (Å²) in [6.07, 6.45) is 1.90. The summed E-state index contributed by atoms with van der Waals surface area (Å²) in [4.78, 5) is 20.1. The number of carbonyl (C=O) groups is 1. The molecule has 0 unspecified atom stereocenters. The quantitative estimate of drug-likeness (QED) is 0.260. The number of amidine groups is 1. The van der Waals surface area contributed by atoms with Crippen LogP contribution in [0.3, 0.4) is 0 Å². The number of amides is 1. The molecule has 0 bridgehead atoms. The van der Waals surface area contributed by atoms with Gasteiger partial charge in [0, 0.05) is 12.1 Å². The van der Waals surface area contributed by atoms with Gasteiger partial charge < -0.3 is 4.74 Å². The van der Waals surface area contributed by atoms with Crippen LogP contribution in [0.15, 0.2) is 94.8 Å². The van der Waals surface area contributed by atoms with Crippen molar-refractivity contribution in [2.75, 3.05) is 6.54 Å². The van der Waals surface area contributed by atoms with Crippen LogP contribution in [0, 0.1) is 12.7 Å². The van der Waals surface area contributed by atoms with Crippen molar-refractivity contribution in [2.45, 2.75) is 20.5 Å². The van der Waals surface area contributed by atoms with E-state index in [4.69, 9.17) is 4.74 Å². The van der Waals surface area contributed by atoms with Gasteiger partial charge in [-0.15, -0.1) is 0 Å². The van der Waals surface area contributed by atoms with Crippen molar-refractivity contribution in [1.82, 2.24) is 4.90 Å². The SMILES string of the molecule is CCN1C(=O)/C(=C\c2c(OCc3ccc(C)cc3)ccc3ccccc23)SC1=Nc1ccc(F)cc1. The zero-order valence-corrected chi connectivity index (χ0v) is 20.9. The summed E-state index contributed by atoms with van der Waals surface area (Å²) in [5, 5.41) is 2.64. The van der Waals surface area contributed by atoms with Crippen LogP contribution in [-0.2, 0) is 11.4 Å². The largest absolute Gasteiger partial charge is 0.488 e. The lowest BCUT2D eigenvalue weighted by molar-refractivity contribution is -0.122. The number of hydrogen-bond acceptors (Lipinski definition) is 4.